The lowest BCUT2D eigenvalue weighted by Crippen LogP contribution is -2.09. The Hall–Kier alpha value is -3.01. The van der Waals surface area contributed by atoms with E-state index < -0.39 is 0 Å². The number of unbranched alkanes of at least 4 members (excludes halogenated alkanes) is 10. The first-order chi connectivity index (χ1) is 18.2. The number of ether oxygens (including phenoxy) is 1. The maximum Gasteiger partial charge on any atom is 0.343 e. The first kappa shape index (κ1) is 28.6. The Balaban J connectivity index is 1.42. The molecule has 0 fully saturated rings. The van der Waals surface area contributed by atoms with Gasteiger partial charge in [0.1, 0.15) is 0 Å². The highest BCUT2D eigenvalue weighted by atomic mass is 16.5. The fraction of sp³-hybridized carbons (Fsp3) is 0.485. The molecule has 1 aromatic heterocycles. The molecule has 2 aromatic carbocycles. The SMILES string of the molecule is CCCCCCCCCCc1ccc(-c2ncc(OC(=O)c3ccc(CCCCCC)cc3)cn2)cc1. The minimum atomic E-state index is -0.390. The Bertz CT molecular complexity index is 1030. The van der Waals surface area contributed by atoms with Gasteiger partial charge >= 0.3 is 5.97 Å². The van der Waals surface area contributed by atoms with Crippen LogP contribution < -0.4 is 4.74 Å². The number of rotatable bonds is 17. The van der Waals surface area contributed by atoms with Gasteiger partial charge in [0.15, 0.2) is 11.6 Å². The molecule has 0 aliphatic heterocycles. The highest BCUT2D eigenvalue weighted by Crippen LogP contribution is 2.20. The van der Waals surface area contributed by atoms with Gasteiger partial charge in [-0.3, -0.25) is 0 Å². The number of nitrogens with zero attached hydrogens (tertiary/aromatic N) is 2. The van der Waals surface area contributed by atoms with Gasteiger partial charge in [-0.05, 0) is 48.9 Å². The second-order valence-electron chi connectivity index (χ2n) is 10.1. The number of esters is 1. The summed E-state index contributed by atoms with van der Waals surface area (Å²) in [6.45, 7) is 4.48. The molecule has 0 unspecified atom stereocenters. The van der Waals surface area contributed by atoms with Gasteiger partial charge < -0.3 is 4.74 Å². The molecule has 198 valence electrons. The third-order valence-electron chi connectivity index (χ3n) is 6.88. The van der Waals surface area contributed by atoms with Crippen molar-refractivity contribution in [1.29, 1.82) is 0 Å². The normalized spacial score (nSPS) is 11.0. The van der Waals surface area contributed by atoms with E-state index in [0.717, 1.165) is 18.4 Å². The zero-order chi connectivity index (χ0) is 26.1. The van der Waals surface area contributed by atoms with Crippen molar-refractivity contribution in [1.82, 2.24) is 9.97 Å². The summed E-state index contributed by atoms with van der Waals surface area (Å²) in [4.78, 5) is 21.4. The van der Waals surface area contributed by atoms with Crippen molar-refractivity contribution >= 4 is 5.97 Å². The molecule has 0 aliphatic carbocycles. The molecular weight excluding hydrogens is 456 g/mol. The molecule has 0 atom stereocenters. The summed E-state index contributed by atoms with van der Waals surface area (Å²) in [6, 6.07) is 16.2. The van der Waals surface area contributed by atoms with Crippen molar-refractivity contribution in [2.24, 2.45) is 0 Å². The fourth-order valence-corrected chi connectivity index (χ4v) is 4.53. The van der Waals surface area contributed by atoms with Gasteiger partial charge in [0.2, 0.25) is 0 Å². The summed E-state index contributed by atoms with van der Waals surface area (Å²) >= 11 is 0. The number of aromatic nitrogens is 2. The van der Waals surface area contributed by atoms with E-state index in [4.69, 9.17) is 4.74 Å². The minimum Gasteiger partial charge on any atom is -0.420 e. The van der Waals surface area contributed by atoms with Crippen molar-refractivity contribution in [3.8, 4) is 17.1 Å². The van der Waals surface area contributed by atoms with Gasteiger partial charge in [-0.1, -0.05) is 114 Å². The molecule has 3 aromatic rings. The number of hydrogen-bond acceptors (Lipinski definition) is 4. The van der Waals surface area contributed by atoms with Gasteiger partial charge in [-0.2, -0.15) is 0 Å². The lowest BCUT2D eigenvalue weighted by Gasteiger charge is -2.07. The largest absolute Gasteiger partial charge is 0.420 e. The molecule has 0 saturated carbocycles. The number of carbonyl (C=O) groups excluding carboxylic acids is 1. The van der Waals surface area contributed by atoms with Crippen LogP contribution in [0.3, 0.4) is 0 Å². The minimum absolute atomic E-state index is 0.351. The Morgan fingerprint density at radius 1 is 0.622 bits per heavy atom. The van der Waals surface area contributed by atoms with E-state index in [9.17, 15) is 4.79 Å². The Morgan fingerprint density at radius 2 is 1.08 bits per heavy atom. The van der Waals surface area contributed by atoms with E-state index in [1.807, 2.05) is 24.3 Å². The van der Waals surface area contributed by atoms with E-state index >= 15 is 0 Å². The van der Waals surface area contributed by atoms with Gasteiger partial charge in [-0.15, -0.1) is 0 Å². The highest BCUT2D eigenvalue weighted by molar-refractivity contribution is 5.91. The van der Waals surface area contributed by atoms with Gasteiger partial charge in [-0.25, -0.2) is 14.8 Å². The maximum absolute atomic E-state index is 12.5. The molecule has 3 rings (SSSR count). The maximum atomic E-state index is 12.5. The zero-order valence-electron chi connectivity index (χ0n) is 22.9. The first-order valence-corrected chi connectivity index (χ1v) is 14.4. The molecule has 0 radical (unpaired) electrons. The predicted molar refractivity (Wildman–Crippen MR) is 153 cm³/mol. The van der Waals surface area contributed by atoms with Crippen LogP contribution in [0.4, 0.5) is 0 Å². The molecule has 0 saturated heterocycles. The molecule has 0 bridgehead atoms. The summed E-state index contributed by atoms with van der Waals surface area (Å²) in [7, 11) is 0. The highest BCUT2D eigenvalue weighted by Gasteiger charge is 2.10. The van der Waals surface area contributed by atoms with Crippen LogP contribution in [-0.4, -0.2) is 15.9 Å². The molecule has 37 heavy (non-hydrogen) atoms. The van der Waals surface area contributed by atoms with Crippen LogP contribution >= 0.6 is 0 Å². The van der Waals surface area contributed by atoms with Crippen molar-refractivity contribution in [2.45, 2.75) is 104 Å². The van der Waals surface area contributed by atoms with Crippen LogP contribution in [-0.2, 0) is 12.8 Å². The van der Waals surface area contributed by atoms with Crippen LogP contribution in [0.2, 0.25) is 0 Å². The molecular formula is C33H44N2O2. The van der Waals surface area contributed by atoms with Crippen LogP contribution in [0.1, 0.15) is 112 Å². The Kier molecular flexibility index (Phi) is 12.9. The van der Waals surface area contributed by atoms with E-state index in [2.05, 4.69) is 48.1 Å². The number of benzene rings is 2. The Morgan fingerprint density at radius 3 is 1.62 bits per heavy atom. The molecule has 0 aliphatic rings. The first-order valence-electron chi connectivity index (χ1n) is 14.4. The van der Waals surface area contributed by atoms with Gasteiger partial charge in [0.05, 0.1) is 18.0 Å². The standard InChI is InChI=1S/C33H44N2O2/c1-3-5-7-9-10-11-12-14-16-27-17-21-29(22-18-27)32-34-25-31(26-35-32)37-33(36)30-23-19-28(20-24-30)15-13-8-6-4-2/h17-26H,3-16H2,1-2H3. The molecule has 0 spiro atoms. The van der Waals surface area contributed by atoms with Crippen molar-refractivity contribution < 1.29 is 9.53 Å². The average Bonchev–Trinajstić information content (AvgIpc) is 2.94. The van der Waals surface area contributed by atoms with Crippen LogP contribution in [0.25, 0.3) is 11.4 Å². The number of aryl methyl sites for hydroxylation is 2. The molecule has 0 amide bonds. The van der Waals surface area contributed by atoms with Crippen molar-refractivity contribution in [3.63, 3.8) is 0 Å². The topological polar surface area (TPSA) is 52.1 Å². The van der Waals surface area contributed by atoms with E-state index in [1.165, 1.54) is 88.2 Å². The lowest BCUT2D eigenvalue weighted by atomic mass is 10.0. The van der Waals surface area contributed by atoms with E-state index in [-0.39, 0.29) is 5.97 Å². The van der Waals surface area contributed by atoms with E-state index in [0.29, 0.717) is 17.1 Å². The summed E-state index contributed by atoms with van der Waals surface area (Å²) < 4.78 is 5.49. The summed E-state index contributed by atoms with van der Waals surface area (Å²) in [5, 5.41) is 0. The lowest BCUT2D eigenvalue weighted by molar-refractivity contribution is 0.0733. The van der Waals surface area contributed by atoms with E-state index in [1.54, 1.807) is 12.4 Å². The predicted octanol–water partition coefficient (Wildman–Crippen LogP) is 9.17. The number of hydrogen-bond donors (Lipinski definition) is 0. The fourth-order valence-electron chi connectivity index (χ4n) is 4.53. The molecule has 4 heteroatoms. The monoisotopic (exact) mass is 500 g/mol. The number of carbonyl (C=O) groups is 1. The third-order valence-corrected chi connectivity index (χ3v) is 6.88. The summed E-state index contributed by atoms with van der Waals surface area (Å²) in [5.41, 5.74) is 4.11. The second kappa shape index (κ2) is 16.7. The molecule has 1 heterocycles. The molecule has 4 nitrogen and oxygen atoms in total. The van der Waals surface area contributed by atoms with Crippen molar-refractivity contribution in [3.05, 3.63) is 77.6 Å². The van der Waals surface area contributed by atoms with Crippen LogP contribution in [0, 0.1) is 0 Å². The quantitative estimate of drug-likeness (QED) is 0.137. The average molecular weight is 501 g/mol. The summed E-state index contributed by atoms with van der Waals surface area (Å²) in [5.74, 6) is 0.591. The van der Waals surface area contributed by atoms with Crippen LogP contribution in [0.5, 0.6) is 5.75 Å². The zero-order valence-corrected chi connectivity index (χ0v) is 22.9. The van der Waals surface area contributed by atoms with Gasteiger partial charge in [0, 0.05) is 5.56 Å². The second-order valence-corrected chi connectivity index (χ2v) is 10.1. The summed E-state index contributed by atoms with van der Waals surface area (Å²) in [6.07, 6.45) is 21.0. The van der Waals surface area contributed by atoms with Crippen molar-refractivity contribution in [2.75, 3.05) is 0 Å². The van der Waals surface area contributed by atoms with Crippen LogP contribution in [0.15, 0.2) is 60.9 Å². The Labute approximate surface area is 223 Å². The molecule has 0 N–H and O–H groups in total. The smallest absolute Gasteiger partial charge is 0.343 e. The third kappa shape index (κ3) is 10.5. The van der Waals surface area contributed by atoms with Gasteiger partial charge in [0.25, 0.3) is 0 Å².